The average molecular weight is 240 g/mol. The van der Waals surface area contributed by atoms with Crippen LogP contribution in [0.5, 0.6) is 0 Å². The lowest BCUT2D eigenvalue weighted by Crippen LogP contribution is -2.51. The maximum Gasteiger partial charge on any atom is 0.274 e. The zero-order valence-corrected chi connectivity index (χ0v) is 10.7. The first-order valence-corrected chi connectivity index (χ1v) is 5.61. The van der Waals surface area contributed by atoms with Crippen LogP contribution in [-0.2, 0) is 6.54 Å². The van der Waals surface area contributed by atoms with Crippen molar-refractivity contribution in [1.82, 2.24) is 15.1 Å². The Bertz CT molecular complexity index is 410. The summed E-state index contributed by atoms with van der Waals surface area (Å²) in [7, 11) is 0. The second-order valence-corrected chi connectivity index (χ2v) is 4.64. The van der Waals surface area contributed by atoms with Gasteiger partial charge in [-0.1, -0.05) is 0 Å². The minimum atomic E-state index is -0.723. The average Bonchev–Trinajstić information content (AvgIpc) is 2.58. The third kappa shape index (κ3) is 2.97. The highest BCUT2D eigenvalue weighted by Gasteiger charge is 2.28. The molecule has 0 spiro atoms. The van der Waals surface area contributed by atoms with Gasteiger partial charge in [0.25, 0.3) is 5.91 Å². The standard InChI is InChI=1S/C11H20N4O2/c1-5-15-6-8(12)9(14-15)10(17)13-11(3,4)7(2)16/h6-7,16H,5,12H2,1-4H3,(H,13,17). The van der Waals surface area contributed by atoms with Crippen LogP contribution in [0.25, 0.3) is 0 Å². The fraction of sp³-hybridized carbons (Fsp3) is 0.636. The van der Waals surface area contributed by atoms with Gasteiger partial charge in [0.05, 0.1) is 17.3 Å². The Kier molecular flexibility index (Phi) is 3.77. The lowest BCUT2D eigenvalue weighted by Gasteiger charge is -2.28. The van der Waals surface area contributed by atoms with Crippen LogP contribution in [0, 0.1) is 0 Å². The van der Waals surface area contributed by atoms with Gasteiger partial charge < -0.3 is 16.2 Å². The largest absolute Gasteiger partial charge is 0.396 e. The summed E-state index contributed by atoms with van der Waals surface area (Å²) < 4.78 is 1.60. The number of anilines is 1. The third-order valence-corrected chi connectivity index (χ3v) is 2.81. The second kappa shape index (κ2) is 4.75. The van der Waals surface area contributed by atoms with Crippen LogP contribution in [0.2, 0.25) is 0 Å². The molecule has 0 aliphatic rings. The molecule has 6 nitrogen and oxygen atoms in total. The fourth-order valence-corrected chi connectivity index (χ4v) is 1.23. The van der Waals surface area contributed by atoms with Crippen LogP contribution in [-0.4, -0.2) is 32.4 Å². The summed E-state index contributed by atoms with van der Waals surface area (Å²) in [4.78, 5) is 11.9. The van der Waals surface area contributed by atoms with Gasteiger partial charge in [0.2, 0.25) is 0 Å². The summed E-state index contributed by atoms with van der Waals surface area (Å²) in [5.74, 6) is -0.374. The number of carbonyl (C=O) groups is 1. The normalized spacial score (nSPS) is 13.5. The zero-order valence-electron chi connectivity index (χ0n) is 10.7. The molecule has 0 saturated heterocycles. The summed E-state index contributed by atoms with van der Waals surface area (Å²) in [6.07, 6.45) is 0.950. The van der Waals surface area contributed by atoms with Crippen molar-refractivity contribution in [3.63, 3.8) is 0 Å². The maximum absolute atomic E-state index is 11.9. The first-order valence-electron chi connectivity index (χ1n) is 5.61. The first kappa shape index (κ1) is 13.5. The number of hydrogen-bond donors (Lipinski definition) is 3. The van der Waals surface area contributed by atoms with Crippen molar-refractivity contribution in [1.29, 1.82) is 0 Å². The smallest absolute Gasteiger partial charge is 0.274 e. The number of nitrogens with zero attached hydrogens (tertiary/aromatic N) is 2. The molecule has 1 aromatic rings. The molecule has 1 amide bonds. The molecule has 96 valence electrons. The quantitative estimate of drug-likeness (QED) is 0.709. The van der Waals surface area contributed by atoms with E-state index in [0.29, 0.717) is 12.2 Å². The first-order chi connectivity index (χ1) is 7.77. The van der Waals surface area contributed by atoms with Crippen molar-refractivity contribution in [3.05, 3.63) is 11.9 Å². The number of amides is 1. The Morgan fingerprint density at radius 2 is 2.29 bits per heavy atom. The molecule has 0 saturated carbocycles. The number of nitrogens with one attached hydrogen (secondary N) is 1. The second-order valence-electron chi connectivity index (χ2n) is 4.64. The highest BCUT2D eigenvalue weighted by atomic mass is 16.3. The van der Waals surface area contributed by atoms with Gasteiger partial charge in [-0.25, -0.2) is 0 Å². The molecule has 6 heteroatoms. The Balaban J connectivity index is 2.86. The predicted octanol–water partition coefficient (Wildman–Crippen LogP) is 0.374. The molecule has 1 rings (SSSR count). The van der Waals surface area contributed by atoms with E-state index in [1.54, 1.807) is 31.6 Å². The highest BCUT2D eigenvalue weighted by molar-refractivity contribution is 5.97. The number of nitrogen functional groups attached to an aromatic ring is 1. The van der Waals surface area contributed by atoms with Gasteiger partial charge in [-0.15, -0.1) is 0 Å². The lowest BCUT2D eigenvalue weighted by molar-refractivity contribution is 0.0705. The lowest BCUT2D eigenvalue weighted by atomic mass is 9.98. The fourth-order valence-electron chi connectivity index (χ4n) is 1.23. The molecule has 0 aromatic carbocycles. The molecule has 0 radical (unpaired) electrons. The summed E-state index contributed by atoms with van der Waals surface area (Å²) >= 11 is 0. The monoisotopic (exact) mass is 240 g/mol. The van der Waals surface area contributed by atoms with Crippen molar-refractivity contribution in [2.75, 3.05) is 5.73 Å². The molecule has 0 aliphatic carbocycles. The van der Waals surface area contributed by atoms with Crippen molar-refractivity contribution >= 4 is 11.6 Å². The Morgan fingerprint density at radius 1 is 1.71 bits per heavy atom. The Labute approximate surface area is 101 Å². The summed E-state index contributed by atoms with van der Waals surface area (Å²) in [6, 6.07) is 0. The molecule has 4 N–H and O–H groups in total. The van der Waals surface area contributed by atoms with Gasteiger partial charge in [0.1, 0.15) is 0 Å². The molecular weight excluding hydrogens is 220 g/mol. The molecule has 1 aromatic heterocycles. The van der Waals surface area contributed by atoms with Gasteiger partial charge in [-0.05, 0) is 27.7 Å². The molecule has 1 unspecified atom stereocenters. The van der Waals surface area contributed by atoms with E-state index in [-0.39, 0.29) is 11.6 Å². The highest BCUT2D eigenvalue weighted by Crippen LogP contribution is 2.13. The maximum atomic E-state index is 11.9. The summed E-state index contributed by atoms with van der Waals surface area (Å²) in [6.45, 7) is 7.66. The summed E-state index contributed by atoms with van der Waals surface area (Å²) in [5.41, 5.74) is 5.52. The molecule has 1 atom stereocenters. The van der Waals surface area contributed by atoms with Crippen LogP contribution < -0.4 is 11.1 Å². The van der Waals surface area contributed by atoms with Crippen LogP contribution in [0.1, 0.15) is 38.2 Å². The number of nitrogens with two attached hydrogens (primary N) is 1. The molecule has 0 fully saturated rings. The molecule has 1 heterocycles. The molecule has 0 bridgehead atoms. The van der Waals surface area contributed by atoms with Crippen LogP contribution in [0.15, 0.2) is 6.20 Å². The Hall–Kier alpha value is -1.56. The third-order valence-electron chi connectivity index (χ3n) is 2.81. The van der Waals surface area contributed by atoms with E-state index in [9.17, 15) is 9.90 Å². The van der Waals surface area contributed by atoms with E-state index in [2.05, 4.69) is 10.4 Å². The van der Waals surface area contributed by atoms with E-state index in [1.165, 1.54) is 0 Å². The van der Waals surface area contributed by atoms with E-state index >= 15 is 0 Å². The van der Waals surface area contributed by atoms with Gasteiger partial charge in [0.15, 0.2) is 5.69 Å². The van der Waals surface area contributed by atoms with E-state index in [4.69, 9.17) is 5.73 Å². The minimum absolute atomic E-state index is 0.195. The topological polar surface area (TPSA) is 93.2 Å². The molecular formula is C11H20N4O2. The number of aryl methyl sites for hydroxylation is 1. The predicted molar refractivity (Wildman–Crippen MR) is 65.5 cm³/mol. The van der Waals surface area contributed by atoms with Crippen LogP contribution in [0.4, 0.5) is 5.69 Å². The number of rotatable bonds is 4. The van der Waals surface area contributed by atoms with E-state index < -0.39 is 11.6 Å². The molecule has 0 aliphatic heterocycles. The number of aliphatic hydroxyl groups excluding tert-OH is 1. The molecule has 17 heavy (non-hydrogen) atoms. The van der Waals surface area contributed by atoms with Crippen molar-refractivity contribution in [2.24, 2.45) is 0 Å². The van der Waals surface area contributed by atoms with Gasteiger partial charge in [-0.3, -0.25) is 9.48 Å². The minimum Gasteiger partial charge on any atom is -0.396 e. The number of aliphatic hydroxyl groups is 1. The van der Waals surface area contributed by atoms with Crippen molar-refractivity contribution < 1.29 is 9.90 Å². The number of aromatic nitrogens is 2. The van der Waals surface area contributed by atoms with Gasteiger partial charge in [0, 0.05) is 12.7 Å². The zero-order chi connectivity index (χ0) is 13.2. The van der Waals surface area contributed by atoms with Crippen LogP contribution in [0.3, 0.4) is 0 Å². The summed E-state index contributed by atoms with van der Waals surface area (Å²) in [5, 5.41) is 16.3. The van der Waals surface area contributed by atoms with E-state index in [1.807, 2.05) is 6.92 Å². The van der Waals surface area contributed by atoms with Crippen molar-refractivity contribution in [2.45, 2.75) is 45.9 Å². The number of carbonyl (C=O) groups excluding carboxylic acids is 1. The van der Waals surface area contributed by atoms with Gasteiger partial charge in [-0.2, -0.15) is 5.10 Å². The Morgan fingerprint density at radius 3 is 2.71 bits per heavy atom. The SMILES string of the molecule is CCn1cc(N)c(C(=O)NC(C)(C)C(C)O)n1. The number of hydrogen-bond acceptors (Lipinski definition) is 4. The van der Waals surface area contributed by atoms with Gasteiger partial charge >= 0.3 is 0 Å². The van der Waals surface area contributed by atoms with Crippen molar-refractivity contribution in [3.8, 4) is 0 Å². The van der Waals surface area contributed by atoms with Crippen LogP contribution >= 0.6 is 0 Å². The van der Waals surface area contributed by atoms with E-state index in [0.717, 1.165) is 0 Å².